The Morgan fingerprint density at radius 3 is 2.56 bits per heavy atom. The summed E-state index contributed by atoms with van der Waals surface area (Å²) < 4.78 is 10.7. The lowest BCUT2D eigenvalue weighted by Gasteiger charge is -2.40. The second-order valence-electron chi connectivity index (χ2n) is 10.9. The third-order valence-corrected chi connectivity index (χ3v) is 9.13. The summed E-state index contributed by atoms with van der Waals surface area (Å²) in [4.78, 5) is 40.7. The fraction of sp³-hybridized carbons (Fsp3) is 0.600. The average molecular weight is 604 g/mol. The molecule has 0 bridgehead atoms. The Bertz CT molecular complexity index is 1200. The lowest BCUT2D eigenvalue weighted by molar-refractivity contribution is -0.134. The molecule has 1 aliphatic heterocycles. The van der Waals surface area contributed by atoms with Gasteiger partial charge in [0.25, 0.3) is 0 Å². The highest BCUT2D eigenvalue weighted by molar-refractivity contribution is 7.99. The monoisotopic (exact) mass is 603 g/mol. The van der Waals surface area contributed by atoms with E-state index in [1.807, 2.05) is 23.1 Å². The van der Waals surface area contributed by atoms with Crippen molar-refractivity contribution < 1.29 is 19.1 Å². The first kappa shape index (κ1) is 31.2. The van der Waals surface area contributed by atoms with E-state index in [0.29, 0.717) is 60.8 Å². The van der Waals surface area contributed by atoms with Crippen molar-refractivity contribution in [1.29, 1.82) is 0 Å². The third kappa shape index (κ3) is 8.64. The van der Waals surface area contributed by atoms with Crippen LogP contribution in [0.1, 0.15) is 51.0 Å². The van der Waals surface area contributed by atoms with Gasteiger partial charge in [-0.2, -0.15) is 0 Å². The molecule has 4 rings (SSSR count). The molecule has 2 aromatic rings. The van der Waals surface area contributed by atoms with E-state index >= 15 is 0 Å². The fourth-order valence-corrected chi connectivity index (χ4v) is 6.63. The van der Waals surface area contributed by atoms with E-state index in [0.717, 1.165) is 23.7 Å². The first-order valence-corrected chi connectivity index (χ1v) is 15.8. The number of carbonyl (C=O) groups excluding carboxylic acids is 2. The van der Waals surface area contributed by atoms with E-state index in [-0.39, 0.29) is 23.6 Å². The highest BCUT2D eigenvalue weighted by Crippen LogP contribution is 2.30. The maximum absolute atomic E-state index is 12.9. The number of nitrogens with zero attached hydrogens (tertiary/aromatic N) is 5. The summed E-state index contributed by atoms with van der Waals surface area (Å²) in [5.74, 6) is 3.25. The van der Waals surface area contributed by atoms with E-state index < -0.39 is 0 Å². The summed E-state index contributed by atoms with van der Waals surface area (Å²) in [6.07, 6.45) is 7.50. The van der Waals surface area contributed by atoms with Crippen LogP contribution in [0.3, 0.4) is 0 Å². The van der Waals surface area contributed by atoms with Gasteiger partial charge in [-0.05, 0) is 43.4 Å². The number of anilines is 1. The molecule has 2 amide bonds. The van der Waals surface area contributed by atoms with Crippen molar-refractivity contribution in [3.8, 4) is 11.5 Å². The minimum Gasteiger partial charge on any atom is -0.493 e. The van der Waals surface area contributed by atoms with Gasteiger partial charge in [0, 0.05) is 51.8 Å². The van der Waals surface area contributed by atoms with Gasteiger partial charge >= 0.3 is 0 Å². The first-order valence-electron chi connectivity index (χ1n) is 14.4. The zero-order valence-electron chi connectivity index (χ0n) is 24.6. The van der Waals surface area contributed by atoms with Gasteiger partial charge in [-0.25, -0.2) is 9.97 Å². The van der Waals surface area contributed by atoms with Gasteiger partial charge in [0.2, 0.25) is 11.8 Å². The highest BCUT2D eigenvalue weighted by atomic mass is 35.5. The molecular weight excluding hydrogens is 562 g/mol. The van der Waals surface area contributed by atoms with E-state index in [2.05, 4.69) is 16.8 Å². The number of benzene rings is 1. The summed E-state index contributed by atoms with van der Waals surface area (Å²) in [7, 11) is 5.01. The second-order valence-corrected chi connectivity index (χ2v) is 12.3. The second kappa shape index (κ2) is 15.0. The number of carbonyl (C=O) groups is 2. The minimum absolute atomic E-state index is 0.0149. The molecule has 2 heterocycles. The van der Waals surface area contributed by atoms with Gasteiger partial charge in [0.1, 0.15) is 11.0 Å². The molecule has 11 heteroatoms. The van der Waals surface area contributed by atoms with Crippen molar-refractivity contribution in [2.24, 2.45) is 5.92 Å². The van der Waals surface area contributed by atoms with E-state index in [1.165, 1.54) is 37.4 Å². The van der Waals surface area contributed by atoms with Crippen LogP contribution in [0.15, 0.2) is 29.4 Å². The van der Waals surface area contributed by atoms with Crippen LogP contribution in [0.25, 0.3) is 0 Å². The number of thioether (sulfide) groups is 1. The molecular formula is C30H42ClN5O4S. The van der Waals surface area contributed by atoms with E-state index in [1.54, 1.807) is 32.2 Å². The molecule has 0 spiro atoms. The Balaban J connectivity index is 1.26. The quantitative estimate of drug-likeness (QED) is 0.191. The molecule has 1 aromatic carbocycles. The normalized spacial score (nSPS) is 17.5. The molecule has 1 atom stereocenters. The topological polar surface area (TPSA) is 88.1 Å². The number of ether oxygens (including phenoxy) is 2. The van der Waals surface area contributed by atoms with Gasteiger partial charge < -0.3 is 24.2 Å². The van der Waals surface area contributed by atoms with Crippen molar-refractivity contribution in [2.45, 2.75) is 63.1 Å². The van der Waals surface area contributed by atoms with Gasteiger partial charge in [0.05, 0.1) is 20.0 Å². The molecule has 41 heavy (non-hydrogen) atoms. The van der Waals surface area contributed by atoms with Crippen molar-refractivity contribution in [3.05, 3.63) is 35.0 Å². The van der Waals surface area contributed by atoms with Crippen molar-refractivity contribution in [1.82, 2.24) is 19.8 Å². The molecule has 0 radical (unpaired) electrons. The van der Waals surface area contributed by atoms with Crippen LogP contribution in [0.4, 0.5) is 5.82 Å². The SMILES string of the molecule is COc1ccc(CCN(C)C(=O)CSc2nc(Cl)cc(N3CCN(C(=O)CCC4CCCC4)C(C)C3)n2)cc1OC. The van der Waals surface area contributed by atoms with Crippen molar-refractivity contribution in [2.75, 3.05) is 58.1 Å². The standard InChI is InChI=1S/C30H42ClN5O4S/c1-21-19-35(15-16-36(21)28(37)12-10-22-7-5-6-8-22)27-18-26(31)32-30(33-27)41-20-29(38)34(2)14-13-23-9-11-24(39-3)25(17-23)40-4/h9,11,17-18,21-22H,5-8,10,12-16,19-20H2,1-4H3. The van der Waals surface area contributed by atoms with Crippen LogP contribution in [0.5, 0.6) is 11.5 Å². The molecule has 1 unspecified atom stereocenters. The Hall–Kier alpha value is -2.72. The number of piperazine rings is 1. The lowest BCUT2D eigenvalue weighted by atomic mass is 10.0. The lowest BCUT2D eigenvalue weighted by Crippen LogP contribution is -2.54. The predicted octanol–water partition coefficient (Wildman–Crippen LogP) is 4.95. The number of hydrogen-bond donors (Lipinski definition) is 0. The summed E-state index contributed by atoms with van der Waals surface area (Å²) in [5.41, 5.74) is 1.06. The molecule has 9 nitrogen and oxygen atoms in total. The van der Waals surface area contributed by atoms with Crippen LogP contribution in [-0.2, 0) is 16.0 Å². The highest BCUT2D eigenvalue weighted by Gasteiger charge is 2.29. The fourth-order valence-electron chi connectivity index (χ4n) is 5.61. The summed E-state index contributed by atoms with van der Waals surface area (Å²) >= 11 is 7.64. The van der Waals surface area contributed by atoms with Gasteiger partial charge in [-0.1, -0.05) is 55.1 Å². The minimum atomic E-state index is -0.0149. The largest absolute Gasteiger partial charge is 0.493 e. The smallest absolute Gasteiger partial charge is 0.232 e. The average Bonchev–Trinajstić information content (AvgIpc) is 3.50. The van der Waals surface area contributed by atoms with Crippen LogP contribution in [0.2, 0.25) is 5.15 Å². The number of methoxy groups -OCH3 is 2. The number of aromatic nitrogens is 2. The summed E-state index contributed by atoms with van der Waals surface area (Å²) in [6.45, 7) is 4.70. The number of halogens is 1. The maximum Gasteiger partial charge on any atom is 0.232 e. The van der Waals surface area contributed by atoms with Crippen LogP contribution in [0, 0.1) is 5.92 Å². The number of hydrogen-bond acceptors (Lipinski definition) is 8. The Morgan fingerprint density at radius 1 is 1.10 bits per heavy atom. The molecule has 1 saturated heterocycles. The Labute approximate surface area is 252 Å². The molecule has 2 fully saturated rings. The van der Waals surface area contributed by atoms with Crippen molar-refractivity contribution in [3.63, 3.8) is 0 Å². The molecule has 2 aliphatic rings. The summed E-state index contributed by atoms with van der Waals surface area (Å²) in [5, 5.41) is 0.811. The molecule has 1 saturated carbocycles. The van der Waals surface area contributed by atoms with Gasteiger partial charge in [-0.15, -0.1) is 0 Å². The van der Waals surface area contributed by atoms with E-state index in [9.17, 15) is 9.59 Å². The number of rotatable bonds is 12. The molecule has 1 aromatic heterocycles. The van der Waals surface area contributed by atoms with Gasteiger partial charge in [0.15, 0.2) is 16.7 Å². The van der Waals surface area contributed by atoms with Crippen LogP contribution in [-0.4, -0.2) is 90.8 Å². The Morgan fingerprint density at radius 2 is 1.85 bits per heavy atom. The zero-order valence-corrected chi connectivity index (χ0v) is 26.2. The molecule has 1 aliphatic carbocycles. The third-order valence-electron chi connectivity index (χ3n) is 8.11. The predicted molar refractivity (Wildman–Crippen MR) is 163 cm³/mol. The molecule has 224 valence electrons. The number of likely N-dealkylation sites (N-methyl/N-ethyl adjacent to an activating group) is 1. The first-order chi connectivity index (χ1) is 19.8. The number of amides is 2. The van der Waals surface area contributed by atoms with Crippen molar-refractivity contribution >= 4 is 41.0 Å². The maximum atomic E-state index is 12.9. The summed E-state index contributed by atoms with van der Waals surface area (Å²) in [6, 6.07) is 7.62. The van der Waals surface area contributed by atoms with E-state index in [4.69, 9.17) is 26.1 Å². The molecule has 0 N–H and O–H groups in total. The zero-order chi connectivity index (χ0) is 29.4. The Kier molecular flexibility index (Phi) is 11.4. The van der Waals surface area contributed by atoms with Gasteiger partial charge in [-0.3, -0.25) is 9.59 Å². The van der Waals surface area contributed by atoms with Crippen LogP contribution >= 0.6 is 23.4 Å². The van der Waals surface area contributed by atoms with Crippen LogP contribution < -0.4 is 14.4 Å².